The van der Waals surface area contributed by atoms with Gasteiger partial charge >= 0.3 is 0 Å². The third kappa shape index (κ3) is 5.62. The van der Waals surface area contributed by atoms with Gasteiger partial charge in [-0.1, -0.05) is 182 Å². The molecule has 0 unspecified atom stereocenters. The van der Waals surface area contributed by atoms with Crippen molar-refractivity contribution in [2.75, 3.05) is 0 Å². The SMILES string of the molecule is c1ccc(-c2nc(-c3ccc4c(c3)sc3ccccc34)cc(-c3ccc(-c4ccc(-c5c6ccccc6cc6c5ccc5ccccc56)cc4)c4ccccc34)n2)cc1. The number of aromatic nitrogens is 2. The lowest BCUT2D eigenvalue weighted by Gasteiger charge is -2.16. The summed E-state index contributed by atoms with van der Waals surface area (Å²) in [6, 6.07) is 74.6. The third-order valence-electron chi connectivity index (χ3n) is 11.9. The molecular formula is C56H34N2S. The molecule has 59 heavy (non-hydrogen) atoms. The first-order valence-electron chi connectivity index (χ1n) is 20.1. The molecule has 2 heterocycles. The molecule has 3 heteroatoms. The van der Waals surface area contributed by atoms with E-state index in [4.69, 9.17) is 9.97 Å². The van der Waals surface area contributed by atoms with Crippen LogP contribution < -0.4 is 0 Å². The van der Waals surface area contributed by atoms with Gasteiger partial charge in [-0.2, -0.15) is 0 Å². The van der Waals surface area contributed by atoms with Crippen LogP contribution in [0.25, 0.3) is 119 Å². The van der Waals surface area contributed by atoms with E-state index in [9.17, 15) is 0 Å². The summed E-state index contributed by atoms with van der Waals surface area (Å²) in [6.45, 7) is 0. The fourth-order valence-corrected chi connectivity index (χ4v) is 10.2. The normalized spacial score (nSPS) is 11.7. The van der Waals surface area contributed by atoms with Crippen LogP contribution in [0.5, 0.6) is 0 Å². The Kier molecular flexibility index (Phi) is 7.75. The molecule has 274 valence electrons. The Hall–Kier alpha value is -7.46. The lowest BCUT2D eigenvalue weighted by Crippen LogP contribution is -1.96. The summed E-state index contributed by atoms with van der Waals surface area (Å²) in [5, 5.41) is 12.5. The second-order valence-corrected chi connectivity index (χ2v) is 16.4. The minimum atomic E-state index is 0.715. The molecule has 0 aliphatic rings. The van der Waals surface area contributed by atoms with Crippen molar-refractivity contribution in [3.8, 4) is 56.2 Å². The second kappa shape index (κ2) is 13.6. The predicted octanol–water partition coefficient (Wildman–Crippen LogP) is 15.8. The molecule has 0 saturated carbocycles. The van der Waals surface area contributed by atoms with E-state index in [0.29, 0.717) is 5.82 Å². The molecule has 0 aliphatic carbocycles. The molecule has 0 N–H and O–H groups in total. The molecule has 2 nitrogen and oxygen atoms in total. The highest BCUT2D eigenvalue weighted by Gasteiger charge is 2.17. The number of thiophene rings is 1. The van der Waals surface area contributed by atoms with Crippen LogP contribution in [-0.4, -0.2) is 9.97 Å². The zero-order valence-electron chi connectivity index (χ0n) is 31.9. The van der Waals surface area contributed by atoms with Gasteiger partial charge in [0.05, 0.1) is 11.4 Å². The van der Waals surface area contributed by atoms with E-state index < -0.39 is 0 Å². The smallest absolute Gasteiger partial charge is 0.160 e. The molecule has 0 atom stereocenters. The zero-order chi connectivity index (χ0) is 38.9. The van der Waals surface area contributed by atoms with Crippen molar-refractivity contribution >= 4 is 74.6 Å². The number of rotatable bonds is 5. The van der Waals surface area contributed by atoms with E-state index in [1.165, 1.54) is 80.1 Å². The van der Waals surface area contributed by atoms with E-state index >= 15 is 0 Å². The van der Waals surface area contributed by atoms with E-state index in [0.717, 1.165) is 33.5 Å². The van der Waals surface area contributed by atoms with Crippen molar-refractivity contribution in [1.82, 2.24) is 9.97 Å². The summed E-state index contributed by atoms with van der Waals surface area (Å²) in [6.07, 6.45) is 0. The number of fused-ring (bicyclic) bond motifs is 8. The molecule has 0 spiro atoms. The van der Waals surface area contributed by atoms with Gasteiger partial charge in [-0.3, -0.25) is 0 Å². The number of nitrogens with zero attached hydrogens (tertiary/aromatic N) is 2. The van der Waals surface area contributed by atoms with Crippen molar-refractivity contribution < 1.29 is 0 Å². The predicted molar refractivity (Wildman–Crippen MR) is 252 cm³/mol. The molecule has 10 aromatic carbocycles. The highest BCUT2D eigenvalue weighted by molar-refractivity contribution is 7.25. The first kappa shape index (κ1) is 33.7. The topological polar surface area (TPSA) is 25.8 Å². The second-order valence-electron chi connectivity index (χ2n) is 15.3. The lowest BCUT2D eigenvalue weighted by molar-refractivity contribution is 1.19. The molecule has 0 aliphatic heterocycles. The largest absolute Gasteiger partial charge is 0.228 e. The first-order chi connectivity index (χ1) is 29.2. The van der Waals surface area contributed by atoms with Crippen molar-refractivity contribution in [3.63, 3.8) is 0 Å². The molecule has 12 rings (SSSR count). The minimum absolute atomic E-state index is 0.715. The van der Waals surface area contributed by atoms with Crippen LogP contribution in [0.3, 0.4) is 0 Å². The monoisotopic (exact) mass is 766 g/mol. The number of hydrogen-bond acceptors (Lipinski definition) is 3. The fraction of sp³-hybridized carbons (Fsp3) is 0. The molecule has 0 radical (unpaired) electrons. The van der Waals surface area contributed by atoms with Gasteiger partial charge in [-0.15, -0.1) is 11.3 Å². The Morgan fingerprint density at radius 1 is 0.288 bits per heavy atom. The Balaban J connectivity index is 0.987. The van der Waals surface area contributed by atoms with E-state index in [1.807, 2.05) is 17.4 Å². The van der Waals surface area contributed by atoms with Gasteiger partial charge in [-0.25, -0.2) is 9.97 Å². The summed E-state index contributed by atoms with van der Waals surface area (Å²) in [5.74, 6) is 0.715. The Bertz CT molecular complexity index is 3600. The number of benzene rings is 10. The lowest BCUT2D eigenvalue weighted by atomic mass is 9.88. The average Bonchev–Trinajstić information content (AvgIpc) is 3.69. The van der Waals surface area contributed by atoms with Crippen molar-refractivity contribution in [1.29, 1.82) is 0 Å². The Morgan fingerprint density at radius 3 is 1.71 bits per heavy atom. The van der Waals surface area contributed by atoms with Gasteiger partial charge in [0.2, 0.25) is 0 Å². The third-order valence-corrected chi connectivity index (χ3v) is 13.0. The molecule has 0 amide bonds. The minimum Gasteiger partial charge on any atom is -0.228 e. The van der Waals surface area contributed by atoms with Crippen LogP contribution in [0.2, 0.25) is 0 Å². The average molecular weight is 767 g/mol. The number of hydrogen-bond donors (Lipinski definition) is 0. The summed E-state index contributed by atoms with van der Waals surface area (Å²) in [4.78, 5) is 10.4. The molecule has 12 aromatic rings. The molecular weight excluding hydrogens is 733 g/mol. The van der Waals surface area contributed by atoms with Gasteiger partial charge in [0, 0.05) is 36.9 Å². The maximum absolute atomic E-state index is 5.25. The Labute approximate surface area is 345 Å². The highest BCUT2D eigenvalue weighted by atomic mass is 32.1. The zero-order valence-corrected chi connectivity index (χ0v) is 32.7. The first-order valence-corrected chi connectivity index (χ1v) is 20.9. The molecule has 0 bridgehead atoms. The van der Waals surface area contributed by atoms with Crippen LogP contribution >= 0.6 is 11.3 Å². The molecule has 0 saturated heterocycles. The van der Waals surface area contributed by atoms with Crippen LogP contribution in [0, 0.1) is 0 Å². The summed E-state index contributed by atoms with van der Waals surface area (Å²) >= 11 is 1.83. The maximum atomic E-state index is 5.25. The summed E-state index contributed by atoms with van der Waals surface area (Å²) in [7, 11) is 0. The summed E-state index contributed by atoms with van der Waals surface area (Å²) < 4.78 is 2.55. The highest BCUT2D eigenvalue weighted by Crippen LogP contribution is 2.42. The molecule has 2 aromatic heterocycles. The van der Waals surface area contributed by atoms with Crippen LogP contribution in [-0.2, 0) is 0 Å². The fourth-order valence-electron chi connectivity index (χ4n) is 9.06. The van der Waals surface area contributed by atoms with E-state index in [2.05, 4.69) is 200 Å². The van der Waals surface area contributed by atoms with Crippen molar-refractivity contribution in [3.05, 3.63) is 206 Å². The molecule has 0 fully saturated rings. The van der Waals surface area contributed by atoms with Gasteiger partial charge in [0.1, 0.15) is 0 Å². The van der Waals surface area contributed by atoms with Crippen LogP contribution in [0.1, 0.15) is 0 Å². The van der Waals surface area contributed by atoms with Crippen LogP contribution in [0.4, 0.5) is 0 Å². The van der Waals surface area contributed by atoms with Crippen molar-refractivity contribution in [2.45, 2.75) is 0 Å². The standard InChI is InChI=1S/C56H34N2S/c1-2-13-38(14-3-1)56-57-51(40-27-28-48-47-20-10-11-21-53(47)59-54(48)33-40)34-52(58-56)46-31-30-42(44-18-8-9-19-45(44)46)36-22-24-37(25-23-36)55-43-17-7-5-15-39(43)32-50-41-16-6-4-12-35(41)26-29-49(50)55/h1-34H. The van der Waals surface area contributed by atoms with Crippen molar-refractivity contribution in [2.24, 2.45) is 0 Å². The van der Waals surface area contributed by atoms with E-state index in [1.54, 1.807) is 0 Å². The quantitative estimate of drug-likeness (QED) is 0.129. The van der Waals surface area contributed by atoms with Gasteiger partial charge < -0.3 is 0 Å². The van der Waals surface area contributed by atoms with E-state index in [-0.39, 0.29) is 0 Å². The van der Waals surface area contributed by atoms with Gasteiger partial charge in [0.15, 0.2) is 5.82 Å². The maximum Gasteiger partial charge on any atom is 0.160 e. The van der Waals surface area contributed by atoms with Gasteiger partial charge in [-0.05, 0) is 89.6 Å². The van der Waals surface area contributed by atoms with Crippen LogP contribution in [0.15, 0.2) is 206 Å². The van der Waals surface area contributed by atoms with Gasteiger partial charge in [0.25, 0.3) is 0 Å². The Morgan fingerprint density at radius 2 is 0.881 bits per heavy atom. The summed E-state index contributed by atoms with van der Waals surface area (Å²) in [5.41, 5.74) is 9.82.